The standard InChI is InChI=1S/C18H29N3O2S/c1-5-18(6-2,12-19)21-17(23)14(4)24-11-16(22)20-15-9-7-13(3)8-10-15/h7-10,14H,5-6,11-12,19H2,1-4H3,(H,20,22)(H,21,23). The molecule has 0 saturated heterocycles. The number of aryl methyl sites for hydroxylation is 1. The molecule has 0 saturated carbocycles. The number of rotatable bonds is 9. The third-order valence-corrected chi connectivity index (χ3v) is 5.44. The second kappa shape index (κ2) is 9.69. The van der Waals surface area contributed by atoms with Crippen LogP contribution in [0.15, 0.2) is 24.3 Å². The van der Waals surface area contributed by atoms with Gasteiger partial charge in [-0.05, 0) is 38.8 Å². The quantitative estimate of drug-likeness (QED) is 0.639. The fourth-order valence-corrected chi connectivity index (χ4v) is 2.92. The molecular weight excluding hydrogens is 322 g/mol. The van der Waals surface area contributed by atoms with E-state index in [9.17, 15) is 9.59 Å². The lowest BCUT2D eigenvalue weighted by Gasteiger charge is -2.32. The van der Waals surface area contributed by atoms with E-state index in [0.29, 0.717) is 6.54 Å². The Hall–Kier alpha value is -1.53. The van der Waals surface area contributed by atoms with Crippen LogP contribution in [0.4, 0.5) is 5.69 Å². The van der Waals surface area contributed by atoms with E-state index < -0.39 is 0 Å². The van der Waals surface area contributed by atoms with Crippen LogP contribution in [0.3, 0.4) is 0 Å². The van der Waals surface area contributed by atoms with Crippen molar-refractivity contribution in [3.8, 4) is 0 Å². The summed E-state index contributed by atoms with van der Waals surface area (Å²) in [4.78, 5) is 24.3. The number of carbonyl (C=O) groups excluding carboxylic acids is 2. The Balaban J connectivity index is 2.46. The van der Waals surface area contributed by atoms with Gasteiger partial charge in [0.25, 0.3) is 0 Å². The molecule has 1 atom stereocenters. The Morgan fingerprint density at radius 3 is 2.29 bits per heavy atom. The molecule has 1 aromatic rings. The van der Waals surface area contributed by atoms with E-state index in [4.69, 9.17) is 5.73 Å². The number of carbonyl (C=O) groups is 2. The predicted molar refractivity (Wildman–Crippen MR) is 102 cm³/mol. The Bertz CT molecular complexity index is 533. The van der Waals surface area contributed by atoms with Crippen LogP contribution in [-0.4, -0.2) is 34.9 Å². The molecule has 1 rings (SSSR count). The zero-order chi connectivity index (χ0) is 18.2. The summed E-state index contributed by atoms with van der Waals surface area (Å²) in [6.45, 7) is 8.26. The van der Waals surface area contributed by atoms with E-state index in [1.54, 1.807) is 0 Å². The summed E-state index contributed by atoms with van der Waals surface area (Å²) in [6.07, 6.45) is 1.58. The summed E-state index contributed by atoms with van der Waals surface area (Å²) in [5.41, 5.74) is 7.37. The second-order valence-electron chi connectivity index (χ2n) is 6.05. The number of hydrogen-bond acceptors (Lipinski definition) is 4. The lowest BCUT2D eigenvalue weighted by atomic mass is 9.93. The van der Waals surface area contributed by atoms with Crippen LogP contribution in [-0.2, 0) is 9.59 Å². The number of amides is 2. The number of anilines is 1. The Morgan fingerprint density at radius 2 is 1.79 bits per heavy atom. The number of nitrogens with one attached hydrogen (secondary N) is 2. The predicted octanol–water partition coefficient (Wildman–Crippen LogP) is 2.69. The Morgan fingerprint density at radius 1 is 1.21 bits per heavy atom. The van der Waals surface area contributed by atoms with Crippen LogP contribution in [0.5, 0.6) is 0 Å². The zero-order valence-corrected chi connectivity index (χ0v) is 15.8. The topological polar surface area (TPSA) is 84.2 Å². The zero-order valence-electron chi connectivity index (χ0n) is 15.0. The summed E-state index contributed by atoms with van der Waals surface area (Å²) >= 11 is 1.32. The SMILES string of the molecule is CCC(CC)(CN)NC(=O)C(C)SCC(=O)Nc1ccc(C)cc1. The molecule has 0 aliphatic carbocycles. The summed E-state index contributed by atoms with van der Waals surface area (Å²) in [5.74, 6) is 0.0490. The third kappa shape index (κ3) is 6.17. The van der Waals surface area contributed by atoms with Gasteiger partial charge in [0.15, 0.2) is 0 Å². The molecule has 2 amide bonds. The van der Waals surface area contributed by atoms with Gasteiger partial charge in [-0.1, -0.05) is 31.5 Å². The maximum Gasteiger partial charge on any atom is 0.234 e. The summed E-state index contributed by atoms with van der Waals surface area (Å²) in [5, 5.41) is 5.57. The van der Waals surface area contributed by atoms with Gasteiger partial charge in [0.2, 0.25) is 11.8 Å². The fraction of sp³-hybridized carbons (Fsp3) is 0.556. The van der Waals surface area contributed by atoms with E-state index in [2.05, 4.69) is 10.6 Å². The molecule has 0 aromatic heterocycles. The van der Waals surface area contributed by atoms with Crippen molar-refractivity contribution in [1.82, 2.24) is 5.32 Å². The molecule has 1 unspecified atom stereocenters. The highest BCUT2D eigenvalue weighted by Crippen LogP contribution is 2.17. The molecule has 0 heterocycles. The molecule has 0 bridgehead atoms. The van der Waals surface area contributed by atoms with Crippen molar-refractivity contribution in [3.63, 3.8) is 0 Å². The van der Waals surface area contributed by atoms with Crippen LogP contribution in [0.25, 0.3) is 0 Å². The van der Waals surface area contributed by atoms with Crippen LogP contribution in [0, 0.1) is 6.92 Å². The summed E-state index contributed by atoms with van der Waals surface area (Å²) in [6, 6.07) is 7.62. The average molecular weight is 352 g/mol. The van der Waals surface area contributed by atoms with Crippen molar-refractivity contribution in [1.29, 1.82) is 0 Å². The molecule has 24 heavy (non-hydrogen) atoms. The van der Waals surface area contributed by atoms with Crippen molar-refractivity contribution >= 4 is 29.3 Å². The lowest BCUT2D eigenvalue weighted by molar-refractivity contribution is -0.122. The summed E-state index contributed by atoms with van der Waals surface area (Å²) < 4.78 is 0. The largest absolute Gasteiger partial charge is 0.348 e. The van der Waals surface area contributed by atoms with Gasteiger partial charge in [0.1, 0.15) is 0 Å². The van der Waals surface area contributed by atoms with Gasteiger partial charge in [-0.15, -0.1) is 11.8 Å². The van der Waals surface area contributed by atoms with Crippen LogP contribution in [0.2, 0.25) is 0 Å². The van der Waals surface area contributed by atoms with Crippen molar-refractivity contribution in [2.24, 2.45) is 5.73 Å². The van der Waals surface area contributed by atoms with Crippen molar-refractivity contribution in [2.45, 2.75) is 51.3 Å². The van der Waals surface area contributed by atoms with E-state index in [0.717, 1.165) is 24.1 Å². The minimum Gasteiger partial charge on any atom is -0.348 e. The fourth-order valence-electron chi connectivity index (χ4n) is 2.24. The van der Waals surface area contributed by atoms with Crippen LogP contribution < -0.4 is 16.4 Å². The first-order chi connectivity index (χ1) is 11.4. The molecule has 0 fully saturated rings. The number of benzene rings is 1. The van der Waals surface area contributed by atoms with E-state index >= 15 is 0 Å². The first-order valence-electron chi connectivity index (χ1n) is 8.36. The van der Waals surface area contributed by atoms with Crippen molar-refractivity contribution in [3.05, 3.63) is 29.8 Å². The Labute approximate surface area is 149 Å². The third-order valence-electron chi connectivity index (χ3n) is 4.30. The molecule has 0 spiro atoms. The number of hydrogen-bond donors (Lipinski definition) is 3. The molecular formula is C18H29N3O2S. The van der Waals surface area contributed by atoms with Gasteiger partial charge in [-0.25, -0.2) is 0 Å². The van der Waals surface area contributed by atoms with Gasteiger partial charge < -0.3 is 16.4 Å². The molecule has 0 radical (unpaired) electrons. The Kier molecular flexibility index (Phi) is 8.28. The van der Waals surface area contributed by atoms with Crippen molar-refractivity contribution < 1.29 is 9.59 Å². The molecule has 134 valence electrons. The van der Waals surface area contributed by atoms with E-state index in [1.165, 1.54) is 11.8 Å². The van der Waals surface area contributed by atoms with E-state index in [-0.39, 0.29) is 28.4 Å². The van der Waals surface area contributed by atoms with Crippen LogP contribution >= 0.6 is 11.8 Å². The lowest BCUT2D eigenvalue weighted by Crippen LogP contribution is -2.54. The highest BCUT2D eigenvalue weighted by Gasteiger charge is 2.28. The van der Waals surface area contributed by atoms with Gasteiger partial charge in [0, 0.05) is 12.2 Å². The highest BCUT2D eigenvalue weighted by atomic mass is 32.2. The normalized spacial score (nSPS) is 12.5. The van der Waals surface area contributed by atoms with Gasteiger partial charge >= 0.3 is 0 Å². The minimum atomic E-state index is -0.351. The van der Waals surface area contributed by atoms with Gasteiger partial charge in [-0.2, -0.15) is 0 Å². The minimum absolute atomic E-state index is 0.0720. The molecule has 5 nitrogen and oxygen atoms in total. The van der Waals surface area contributed by atoms with Gasteiger partial charge in [-0.3, -0.25) is 9.59 Å². The molecule has 4 N–H and O–H groups in total. The maximum atomic E-state index is 12.3. The number of thioether (sulfide) groups is 1. The van der Waals surface area contributed by atoms with Crippen molar-refractivity contribution in [2.75, 3.05) is 17.6 Å². The van der Waals surface area contributed by atoms with E-state index in [1.807, 2.05) is 52.0 Å². The molecule has 6 heteroatoms. The molecule has 1 aromatic carbocycles. The van der Waals surface area contributed by atoms with Gasteiger partial charge in [0.05, 0.1) is 16.5 Å². The highest BCUT2D eigenvalue weighted by molar-refractivity contribution is 8.01. The molecule has 0 aliphatic heterocycles. The second-order valence-corrected chi connectivity index (χ2v) is 7.38. The molecule has 0 aliphatic rings. The smallest absolute Gasteiger partial charge is 0.234 e. The number of nitrogens with two attached hydrogens (primary N) is 1. The average Bonchev–Trinajstić information content (AvgIpc) is 2.59. The van der Waals surface area contributed by atoms with Crippen LogP contribution in [0.1, 0.15) is 39.2 Å². The summed E-state index contributed by atoms with van der Waals surface area (Å²) in [7, 11) is 0. The first-order valence-corrected chi connectivity index (χ1v) is 9.41. The monoisotopic (exact) mass is 351 g/mol. The first kappa shape index (κ1) is 20.5. The maximum absolute atomic E-state index is 12.3.